The van der Waals surface area contributed by atoms with Crippen molar-refractivity contribution in [3.63, 3.8) is 0 Å². The SMILES string of the molecule is CSCC(=O)Nc1ccc(NC(=O)C2CCCO2)cc1. The first kappa shape index (κ1) is 14.9. The van der Waals surface area contributed by atoms with Gasteiger partial charge in [0.15, 0.2) is 0 Å². The number of benzene rings is 1. The molecule has 2 N–H and O–H groups in total. The predicted molar refractivity (Wildman–Crippen MR) is 81.1 cm³/mol. The Balaban J connectivity index is 1.87. The zero-order valence-corrected chi connectivity index (χ0v) is 12.2. The van der Waals surface area contributed by atoms with Crippen LogP contribution in [0.4, 0.5) is 11.4 Å². The normalized spacial score (nSPS) is 17.8. The van der Waals surface area contributed by atoms with Gasteiger partial charge in [0.2, 0.25) is 5.91 Å². The molecule has 1 aliphatic heterocycles. The molecule has 0 aliphatic carbocycles. The van der Waals surface area contributed by atoms with Crippen molar-refractivity contribution >= 4 is 35.0 Å². The number of rotatable bonds is 5. The lowest BCUT2D eigenvalue weighted by Gasteiger charge is -2.11. The van der Waals surface area contributed by atoms with Crippen LogP contribution < -0.4 is 10.6 Å². The molecular weight excluding hydrogens is 276 g/mol. The van der Waals surface area contributed by atoms with Crippen LogP contribution in [0.3, 0.4) is 0 Å². The Morgan fingerprint density at radius 3 is 2.45 bits per heavy atom. The zero-order valence-electron chi connectivity index (χ0n) is 11.3. The van der Waals surface area contributed by atoms with Gasteiger partial charge in [0.25, 0.3) is 5.91 Å². The quantitative estimate of drug-likeness (QED) is 0.873. The Hall–Kier alpha value is -1.53. The second kappa shape index (κ2) is 7.31. The molecule has 0 bridgehead atoms. The summed E-state index contributed by atoms with van der Waals surface area (Å²) in [4.78, 5) is 23.3. The van der Waals surface area contributed by atoms with Crippen LogP contribution in [0.1, 0.15) is 12.8 Å². The van der Waals surface area contributed by atoms with Gasteiger partial charge >= 0.3 is 0 Å². The molecule has 1 saturated heterocycles. The minimum Gasteiger partial charge on any atom is -0.368 e. The summed E-state index contributed by atoms with van der Waals surface area (Å²) >= 11 is 1.47. The smallest absolute Gasteiger partial charge is 0.253 e. The molecule has 1 heterocycles. The first-order valence-corrected chi connectivity index (χ1v) is 7.90. The van der Waals surface area contributed by atoms with Gasteiger partial charge in [0.1, 0.15) is 6.10 Å². The van der Waals surface area contributed by atoms with Crippen molar-refractivity contribution in [2.75, 3.05) is 29.2 Å². The highest BCUT2D eigenvalue weighted by molar-refractivity contribution is 7.99. The van der Waals surface area contributed by atoms with Crippen LogP contribution in [0.25, 0.3) is 0 Å². The fraction of sp³-hybridized carbons (Fsp3) is 0.429. The molecular formula is C14H18N2O3S. The third-order valence-electron chi connectivity index (χ3n) is 2.93. The number of hydrogen-bond acceptors (Lipinski definition) is 4. The summed E-state index contributed by atoms with van der Waals surface area (Å²) in [5, 5.41) is 5.59. The summed E-state index contributed by atoms with van der Waals surface area (Å²) in [6.45, 7) is 0.651. The average molecular weight is 294 g/mol. The third-order valence-corrected chi connectivity index (χ3v) is 3.48. The molecule has 1 fully saturated rings. The standard InChI is InChI=1S/C14H18N2O3S/c1-20-9-13(17)15-10-4-6-11(7-5-10)16-14(18)12-3-2-8-19-12/h4-7,12H,2-3,8-9H2,1H3,(H,15,17)(H,16,18). The largest absolute Gasteiger partial charge is 0.368 e. The maximum absolute atomic E-state index is 11.9. The molecule has 1 unspecified atom stereocenters. The van der Waals surface area contributed by atoms with Crippen molar-refractivity contribution in [2.45, 2.75) is 18.9 Å². The molecule has 0 saturated carbocycles. The second-order valence-electron chi connectivity index (χ2n) is 4.55. The minimum absolute atomic E-state index is 0.0337. The Morgan fingerprint density at radius 2 is 1.90 bits per heavy atom. The van der Waals surface area contributed by atoms with E-state index in [2.05, 4.69) is 10.6 Å². The van der Waals surface area contributed by atoms with E-state index in [-0.39, 0.29) is 17.9 Å². The molecule has 2 rings (SSSR count). The number of ether oxygens (including phenoxy) is 1. The number of carbonyl (C=O) groups is 2. The Labute approximate surface area is 122 Å². The molecule has 1 aromatic carbocycles. The van der Waals surface area contributed by atoms with Crippen LogP contribution in [-0.4, -0.2) is 36.5 Å². The van der Waals surface area contributed by atoms with Crippen molar-refractivity contribution in [2.24, 2.45) is 0 Å². The maximum atomic E-state index is 11.9. The van der Waals surface area contributed by atoms with Gasteiger partial charge in [-0.25, -0.2) is 0 Å². The van der Waals surface area contributed by atoms with Crippen LogP contribution in [0.2, 0.25) is 0 Å². The van der Waals surface area contributed by atoms with E-state index >= 15 is 0 Å². The number of thioether (sulfide) groups is 1. The van der Waals surface area contributed by atoms with Crippen molar-refractivity contribution < 1.29 is 14.3 Å². The van der Waals surface area contributed by atoms with Gasteiger partial charge in [0, 0.05) is 18.0 Å². The first-order valence-electron chi connectivity index (χ1n) is 6.50. The molecule has 108 valence electrons. The van der Waals surface area contributed by atoms with E-state index in [9.17, 15) is 9.59 Å². The summed E-state index contributed by atoms with van der Waals surface area (Å²) < 4.78 is 5.32. The molecule has 0 spiro atoms. The van der Waals surface area contributed by atoms with Crippen molar-refractivity contribution in [1.82, 2.24) is 0 Å². The fourth-order valence-corrected chi connectivity index (χ4v) is 2.31. The van der Waals surface area contributed by atoms with Crippen molar-refractivity contribution in [3.05, 3.63) is 24.3 Å². The lowest BCUT2D eigenvalue weighted by molar-refractivity contribution is -0.124. The van der Waals surface area contributed by atoms with E-state index in [1.165, 1.54) is 11.8 Å². The topological polar surface area (TPSA) is 67.4 Å². The van der Waals surface area contributed by atoms with Crippen LogP contribution in [0.15, 0.2) is 24.3 Å². The summed E-state index contributed by atoms with van der Waals surface area (Å²) in [6, 6.07) is 7.07. The molecule has 2 amide bonds. The van der Waals surface area contributed by atoms with E-state index < -0.39 is 0 Å². The van der Waals surface area contributed by atoms with Crippen LogP contribution in [-0.2, 0) is 14.3 Å². The summed E-state index contributed by atoms with van der Waals surface area (Å²) in [7, 11) is 0. The number of nitrogens with one attached hydrogen (secondary N) is 2. The lowest BCUT2D eigenvalue weighted by atomic mass is 10.2. The van der Waals surface area contributed by atoms with Gasteiger partial charge in [0.05, 0.1) is 5.75 Å². The summed E-state index contributed by atoms with van der Waals surface area (Å²) in [5.41, 5.74) is 1.42. The predicted octanol–water partition coefficient (Wildman–Crippen LogP) is 2.11. The monoisotopic (exact) mass is 294 g/mol. The molecule has 6 heteroatoms. The van der Waals surface area contributed by atoms with Gasteiger partial charge < -0.3 is 15.4 Å². The Morgan fingerprint density at radius 1 is 1.25 bits per heavy atom. The molecule has 0 radical (unpaired) electrons. The molecule has 20 heavy (non-hydrogen) atoms. The van der Waals surface area contributed by atoms with Gasteiger partial charge in [-0.1, -0.05) is 0 Å². The van der Waals surface area contributed by atoms with Crippen molar-refractivity contribution in [1.29, 1.82) is 0 Å². The maximum Gasteiger partial charge on any atom is 0.253 e. The fourth-order valence-electron chi connectivity index (χ4n) is 1.97. The highest BCUT2D eigenvalue weighted by Crippen LogP contribution is 2.17. The van der Waals surface area contributed by atoms with E-state index in [0.29, 0.717) is 18.0 Å². The zero-order chi connectivity index (χ0) is 14.4. The van der Waals surface area contributed by atoms with E-state index in [4.69, 9.17) is 4.74 Å². The minimum atomic E-state index is -0.337. The second-order valence-corrected chi connectivity index (χ2v) is 5.42. The molecule has 5 nitrogen and oxygen atoms in total. The first-order chi connectivity index (χ1) is 9.69. The highest BCUT2D eigenvalue weighted by Gasteiger charge is 2.23. The van der Waals surface area contributed by atoms with Gasteiger partial charge in [-0.15, -0.1) is 0 Å². The Kier molecular flexibility index (Phi) is 5.43. The molecule has 1 aliphatic rings. The average Bonchev–Trinajstić information content (AvgIpc) is 2.95. The molecule has 1 atom stereocenters. The highest BCUT2D eigenvalue weighted by atomic mass is 32.2. The number of anilines is 2. The number of hydrogen-bond donors (Lipinski definition) is 2. The molecule has 0 aromatic heterocycles. The van der Waals surface area contributed by atoms with Gasteiger partial charge in [-0.2, -0.15) is 11.8 Å². The van der Waals surface area contributed by atoms with E-state index in [1.807, 2.05) is 6.26 Å². The van der Waals surface area contributed by atoms with Crippen molar-refractivity contribution in [3.8, 4) is 0 Å². The van der Waals surface area contributed by atoms with Crippen LogP contribution >= 0.6 is 11.8 Å². The lowest BCUT2D eigenvalue weighted by Crippen LogP contribution is -2.26. The van der Waals surface area contributed by atoms with E-state index in [1.54, 1.807) is 24.3 Å². The van der Waals surface area contributed by atoms with Crippen LogP contribution in [0.5, 0.6) is 0 Å². The molecule has 1 aromatic rings. The summed E-state index contributed by atoms with van der Waals surface area (Å²) in [6.07, 6.45) is 3.24. The summed E-state index contributed by atoms with van der Waals surface area (Å²) in [5.74, 6) is 0.285. The third kappa shape index (κ3) is 4.25. The number of carbonyl (C=O) groups excluding carboxylic acids is 2. The van der Waals surface area contributed by atoms with Gasteiger partial charge in [-0.3, -0.25) is 9.59 Å². The van der Waals surface area contributed by atoms with Crippen LogP contribution in [0, 0.1) is 0 Å². The van der Waals surface area contributed by atoms with E-state index in [0.717, 1.165) is 18.5 Å². The Bertz CT molecular complexity index is 470. The van der Waals surface area contributed by atoms with Gasteiger partial charge in [-0.05, 0) is 43.4 Å². The number of amides is 2.